The minimum Gasteiger partial charge on any atom is -0.496 e. The number of fused-ring (bicyclic) bond motifs is 1. The van der Waals surface area contributed by atoms with Crippen LogP contribution in [-0.2, 0) is 6.42 Å². The van der Waals surface area contributed by atoms with Crippen LogP contribution in [0.25, 0.3) is 10.9 Å². The van der Waals surface area contributed by atoms with Crippen molar-refractivity contribution in [2.24, 2.45) is 0 Å². The Morgan fingerprint density at radius 1 is 1.11 bits per heavy atom. The molecular formula is C21H23N3O3S. The summed E-state index contributed by atoms with van der Waals surface area (Å²) < 4.78 is 10.8. The number of aromatic amines is 1. The maximum Gasteiger partial charge on any atom is 0.251 e. The molecule has 0 amide bonds. The third-order valence-electron chi connectivity index (χ3n) is 4.41. The lowest BCUT2D eigenvalue weighted by Crippen LogP contribution is -2.31. The molecule has 7 heteroatoms. The summed E-state index contributed by atoms with van der Waals surface area (Å²) in [7, 11) is 3.17. The maximum atomic E-state index is 12.5. The van der Waals surface area contributed by atoms with E-state index in [1.54, 1.807) is 20.3 Å². The fraction of sp³-hybridized carbons (Fsp3) is 0.238. The lowest BCUT2D eigenvalue weighted by Gasteiger charge is -2.12. The SMILES string of the molecule is COc1ccc(OC)c2[nH]c(=O)c(CCNC(=S)Nc3cccc(C)c3)cc12. The van der Waals surface area contributed by atoms with Crippen LogP contribution in [0.15, 0.2) is 47.3 Å². The van der Waals surface area contributed by atoms with Gasteiger partial charge in [-0.1, -0.05) is 12.1 Å². The molecule has 6 nitrogen and oxygen atoms in total. The Hall–Kier alpha value is -3.06. The molecule has 28 heavy (non-hydrogen) atoms. The summed E-state index contributed by atoms with van der Waals surface area (Å²) in [6.07, 6.45) is 0.515. The number of anilines is 1. The molecule has 1 aromatic heterocycles. The van der Waals surface area contributed by atoms with E-state index < -0.39 is 0 Å². The molecule has 0 saturated carbocycles. The van der Waals surface area contributed by atoms with Gasteiger partial charge in [0.15, 0.2) is 5.11 Å². The van der Waals surface area contributed by atoms with Crippen molar-refractivity contribution in [3.8, 4) is 11.5 Å². The molecule has 0 bridgehead atoms. The topological polar surface area (TPSA) is 75.4 Å². The minimum atomic E-state index is -0.154. The second kappa shape index (κ2) is 8.75. The first-order chi connectivity index (χ1) is 13.5. The van der Waals surface area contributed by atoms with Crippen molar-refractivity contribution in [1.82, 2.24) is 10.3 Å². The van der Waals surface area contributed by atoms with Gasteiger partial charge < -0.3 is 25.1 Å². The first-order valence-electron chi connectivity index (χ1n) is 8.90. The van der Waals surface area contributed by atoms with Crippen molar-refractivity contribution in [3.05, 3.63) is 63.9 Å². The zero-order valence-electron chi connectivity index (χ0n) is 16.1. The number of thiocarbonyl (C=S) groups is 1. The zero-order valence-corrected chi connectivity index (χ0v) is 16.9. The molecule has 0 radical (unpaired) electrons. The molecular weight excluding hydrogens is 374 g/mol. The van der Waals surface area contributed by atoms with E-state index in [2.05, 4.69) is 15.6 Å². The standard InChI is InChI=1S/C21H23N3O3S/c1-13-5-4-6-15(11-13)23-21(28)22-10-9-14-12-16-17(26-2)7-8-18(27-3)19(16)24-20(14)25/h4-8,11-12H,9-10H2,1-3H3,(H,24,25)(H2,22,23,28). The molecule has 0 aliphatic carbocycles. The molecule has 0 aliphatic heterocycles. The van der Waals surface area contributed by atoms with E-state index in [1.807, 2.05) is 43.3 Å². The average molecular weight is 398 g/mol. The molecule has 0 aliphatic rings. The molecule has 1 heterocycles. The molecule has 3 N–H and O–H groups in total. The first-order valence-corrected chi connectivity index (χ1v) is 9.31. The van der Waals surface area contributed by atoms with Crippen LogP contribution in [0.1, 0.15) is 11.1 Å². The van der Waals surface area contributed by atoms with Gasteiger partial charge >= 0.3 is 0 Å². The quantitative estimate of drug-likeness (QED) is 0.554. The number of methoxy groups -OCH3 is 2. The van der Waals surface area contributed by atoms with Crippen LogP contribution in [0.3, 0.4) is 0 Å². The Bertz CT molecular complexity index is 1060. The third-order valence-corrected chi connectivity index (χ3v) is 4.66. The number of benzene rings is 2. The van der Waals surface area contributed by atoms with Crippen LogP contribution in [0, 0.1) is 6.92 Å². The van der Waals surface area contributed by atoms with Gasteiger partial charge in [0.25, 0.3) is 5.56 Å². The number of H-pyrrole nitrogens is 1. The van der Waals surface area contributed by atoms with Crippen LogP contribution in [0.5, 0.6) is 11.5 Å². The molecule has 146 valence electrons. The van der Waals surface area contributed by atoms with Gasteiger partial charge in [-0.15, -0.1) is 0 Å². The van der Waals surface area contributed by atoms with Gasteiger partial charge in [0, 0.05) is 23.2 Å². The van der Waals surface area contributed by atoms with Crippen molar-refractivity contribution >= 4 is 33.9 Å². The number of nitrogens with one attached hydrogen (secondary N) is 3. The Morgan fingerprint density at radius 3 is 2.57 bits per heavy atom. The Morgan fingerprint density at radius 2 is 1.86 bits per heavy atom. The highest BCUT2D eigenvalue weighted by Crippen LogP contribution is 2.31. The van der Waals surface area contributed by atoms with Gasteiger partial charge in [-0.3, -0.25) is 4.79 Å². The molecule has 3 rings (SSSR count). The minimum absolute atomic E-state index is 0.154. The fourth-order valence-electron chi connectivity index (χ4n) is 3.03. The van der Waals surface area contributed by atoms with E-state index in [1.165, 1.54) is 0 Å². The molecule has 3 aromatic rings. The summed E-state index contributed by atoms with van der Waals surface area (Å²) in [5.41, 5.74) is 3.20. The lowest BCUT2D eigenvalue weighted by molar-refractivity contribution is 0.409. The van der Waals surface area contributed by atoms with E-state index >= 15 is 0 Å². The predicted octanol–water partition coefficient (Wildman–Crippen LogP) is 3.38. The van der Waals surface area contributed by atoms with Gasteiger partial charge in [0.2, 0.25) is 0 Å². The summed E-state index contributed by atoms with van der Waals surface area (Å²) in [5.74, 6) is 1.28. The number of pyridine rings is 1. The number of hydrogen-bond donors (Lipinski definition) is 3. The number of rotatable bonds is 6. The van der Waals surface area contributed by atoms with Gasteiger partial charge in [0.05, 0.1) is 19.7 Å². The lowest BCUT2D eigenvalue weighted by atomic mass is 10.1. The van der Waals surface area contributed by atoms with Crippen molar-refractivity contribution in [3.63, 3.8) is 0 Å². The normalized spacial score (nSPS) is 10.5. The summed E-state index contributed by atoms with van der Waals surface area (Å²) in [6, 6.07) is 13.4. The summed E-state index contributed by atoms with van der Waals surface area (Å²) in [4.78, 5) is 15.4. The number of aromatic nitrogens is 1. The van der Waals surface area contributed by atoms with Crippen LogP contribution in [0.2, 0.25) is 0 Å². The van der Waals surface area contributed by atoms with Gasteiger partial charge in [-0.25, -0.2) is 0 Å². The van der Waals surface area contributed by atoms with Crippen molar-refractivity contribution in [2.45, 2.75) is 13.3 Å². The fourth-order valence-corrected chi connectivity index (χ4v) is 3.25. The summed E-state index contributed by atoms with van der Waals surface area (Å²) in [6.45, 7) is 2.55. The molecule has 0 fully saturated rings. The Labute approximate surface area is 168 Å². The maximum absolute atomic E-state index is 12.5. The number of hydrogen-bond acceptors (Lipinski definition) is 4. The number of ether oxygens (including phenoxy) is 2. The highest BCUT2D eigenvalue weighted by atomic mass is 32.1. The molecule has 0 unspecified atom stereocenters. The zero-order chi connectivity index (χ0) is 20.1. The van der Waals surface area contributed by atoms with Gasteiger partial charge in [-0.2, -0.15) is 0 Å². The predicted molar refractivity (Wildman–Crippen MR) is 117 cm³/mol. The smallest absolute Gasteiger partial charge is 0.251 e. The van der Waals surface area contributed by atoms with Crippen LogP contribution in [-0.4, -0.2) is 30.9 Å². The number of aryl methyl sites for hydroxylation is 1. The van der Waals surface area contributed by atoms with Gasteiger partial charge in [-0.05, 0) is 61.5 Å². The van der Waals surface area contributed by atoms with Crippen molar-refractivity contribution < 1.29 is 9.47 Å². The van der Waals surface area contributed by atoms with Crippen molar-refractivity contribution in [1.29, 1.82) is 0 Å². The van der Waals surface area contributed by atoms with Crippen molar-refractivity contribution in [2.75, 3.05) is 26.1 Å². The Balaban J connectivity index is 1.71. The molecule has 2 aromatic carbocycles. The van der Waals surface area contributed by atoms with Crippen LogP contribution >= 0.6 is 12.2 Å². The van der Waals surface area contributed by atoms with E-state index in [-0.39, 0.29) is 5.56 Å². The van der Waals surface area contributed by atoms with E-state index in [9.17, 15) is 4.79 Å². The highest BCUT2D eigenvalue weighted by molar-refractivity contribution is 7.80. The molecule has 0 spiro atoms. The van der Waals surface area contributed by atoms with Crippen LogP contribution < -0.4 is 25.7 Å². The van der Waals surface area contributed by atoms with Gasteiger partial charge in [0.1, 0.15) is 11.5 Å². The summed E-state index contributed by atoms with van der Waals surface area (Å²) in [5, 5.41) is 7.60. The summed E-state index contributed by atoms with van der Waals surface area (Å²) >= 11 is 5.33. The second-order valence-electron chi connectivity index (χ2n) is 6.38. The third kappa shape index (κ3) is 4.43. The molecule has 0 saturated heterocycles. The van der Waals surface area contributed by atoms with E-state index in [0.29, 0.717) is 40.7 Å². The monoisotopic (exact) mass is 397 g/mol. The highest BCUT2D eigenvalue weighted by Gasteiger charge is 2.11. The molecule has 0 atom stereocenters. The first kappa shape index (κ1) is 19.7. The van der Waals surface area contributed by atoms with Crippen LogP contribution in [0.4, 0.5) is 5.69 Å². The van der Waals surface area contributed by atoms with E-state index in [4.69, 9.17) is 21.7 Å². The largest absolute Gasteiger partial charge is 0.496 e. The Kier molecular flexibility index (Phi) is 6.16. The van der Waals surface area contributed by atoms with E-state index in [0.717, 1.165) is 16.6 Å². The second-order valence-corrected chi connectivity index (χ2v) is 6.79. The average Bonchev–Trinajstić information content (AvgIpc) is 2.67.